The second kappa shape index (κ2) is 6.57. The highest BCUT2D eigenvalue weighted by Crippen LogP contribution is 2.42. The Labute approximate surface area is 144 Å². The molecule has 1 heterocycles. The van der Waals surface area contributed by atoms with Gasteiger partial charge >= 0.3 is 0 Å². The molecule has 0 aromatic heterocycles. The van der Waals surface area contributed by atoms with Crippen molar-refractivity contribution >= 4 is 29.3 Å². The van der Waals surface area contributed by atoms with Crippen molar-refractivity contribution in [3.05, 3.63) is 54.1 Å². The van der Waals surface area contributed by atoms with E-state index in [1.807, 2.05) is 48.5 Å². The molecule has 24 heavy (non-hydrogen) atoms. The fraction of sp³-hybridized carbons (Fsp3) is 0.222. The molecule has 1 aliphatic heterocycles. The van der Waals surface area contributed by atoms with E-state index in [1.54, 1.807) is 14.0 Å². The molecule has 0 saturated carbocycles. The highest BCUT2D eigenvalue weighted by Gasteiger charge is 2.45. The maximum Gasteiger partial charge on any atom is 0.250 e. The summed E-state index contributed by atoms with van der Waals surface area (Å²) in [7, 11) is 1.61. The molecule has 1 aliphatic rings. The lowest BCUT2D eigenvalue weighted by Crippen LogP contribution is -2.51. The SMILES string of the molecule is COc1ccc(CNC(=O)C2(C)Sc3ccccc3NC2=O)cc1. The van der Waals surface area contributed by atoms with Gasteiger partial charge in [-0.15, -0.1) is 0 Å². The number of fused-ring (bicyclic) bond motifs is 1. The van der Waals surface area contributed by atoms with Crippen molar-refractivity contribution in [1.82, 2.24) is 5.32 Å². The average Bonchev–Trinajstić information content (AvgIpc) is 2.61. The third-order valence-corrected chi connectivity index (χ3v) is 5.28. The van der Waals surface area contributed by atoms with E-state index in [1.165, 1.54) is 11.8 Å². The van der Waals surface area contributed by atoms with Gasteiger partial charge in [-0.2, -0.15) is 0 Å². The van der Waals surface area contributed by atoms with Crippen LogP contribution in [0.5, 0.6) is 5.75 Å². The number of ether oxygens (including phenoxy) is 1. The van der Waals surface area contributed by atoms with Crippen molar-refractivity contribution in [3.63, 3.8) is 0 Å². The van der Waals surface area contributed by atoms with Crippen LogP contribution >= 0.6 is 11.8 Å². The lowest BCUT2D eigenvalue weighted by atomic mass is 10.1. The summed E-state index contributed by atoms with van der Waals surface area (Å²) in [6.45, 7) is 2.00. The number of rotatable bonds is 4. The van der Waals surface area contributed by atoms with E-state index in [2.05, 4.69) is 10.6 Å². The number of carbonyl (C=O) groups excluding carboxylic acids is 2. The van der Waals surface area contributed by atoms with Crippen LogP contribution in [0.15, 0.2) is 53.4 Å². The number of anilines is 1. The average molecular weight is 342 g/mol. The maximum absolute atomic E-state index is 12.6. The first-order valence-corrected chi connectivity index (χ1v) is 8.35. The van der Waals surface area contributed by atoms with Crippen LogP contribution in [0.3, 0.4) is 0 Å². The van der Waals surface area contributed by atoms with Crippen LogP contribution in [0.25, 0.3) is 0 Å². The molecule has 6 heteroatoms. The fourth-order valence-electron chi connectivity index (χ4n) is 2.41. The van der Waals surface area contributed by atoms with Crippen LogP contribution in [0.4, 0.5) is 5.69 Å². The lowest BCUT2D eigenvalue weighted by Gasteiger charge is -2.31. The zero-order chi connectivity index (χ0) is 17.2. The summed E-state index contributed by atoms with van der Waals surface area (Å²) in [5.41, 5.74) is 1.68. The third kappa shape index (κ3) is 3.10. The van der Waals surface area contributed by atoms with Crippen molar-refractivity contribution in [1.29, 1.82) is 0 Å². The standard InChI is InChI=1S/C18H18N2O3S/c1-18(17(22)20-14-5-3-4-6-15(14)24-18)16(21)19-11-12-7-9-13(23-2)10-8-12/h3-10H,11H2,1-2H3,(H,19,21)(H,20,22). The predicted octanol–water partition coefficient (Wildman–Crippen LogP) is 2.81. The van der Waals surface area contributed by atoms with E-state index in [0.717, 1.165) is 21.9 Å². The van der Waals surface area contributed by atoms with Crippen LogP contribution < -0.4 is 15.4 Å². The number of nitrogens with one attached hydrogen (secondary N) is 2. The Kier molecular flexibility index (Phi) is 4.49. The predicted molar refractivity (Wildman–Crippen MR) is 94.2 cm³/mol. The van der Waals surface area contributed by atoms with Gasteiger partial charge in [-0.05, 0) is 36.8 Å². The molecule has 124 valence electrons. The van der Waals surface area contributed by atoms with E-state index >= 15 is 0 Å². The normalized spacial score (nSPS) is 19.2. The van der Waals surface area contributed by atoms with Crippen molar-refractivity contribution in [2.24, 2.45) is 0 Å². The fourth-order valence-corrected chi connectivity index (χ4v) is 3.53. The minimum atomic E-state index is -1.19. The Balaban J connectivity index is 1.70. The van der Waals surface area contributed by atoms with Gasteiger partial charge in [0.25, 0.3) is 0 Å². The molecule has 2 amide bonds. The molecular weight excluding hydrogens is 324 g/mol. The van der Waals surface area contributed by atoms with Gasteiger partial charge in [0.1, 0.15) is 5.75 Å². The number of carbonyl (C=O) groups is 2. The first kappa shape index (κ1) is 16.4. The topological polar surface area (TPSA) is 67.4 Å². The molecule has 0 bridgehead atoms. The third-order valence-electron chi connectivity index (χ3n) is 3.93. The van der Waals surface area contributed by atoms with Gasteiger partial charge in [-0.1, -0.05) is 36.0 Å². The number of hydrogen-bond acceptors (Lipinski definition) is 4. The largest absolute Gasteiger partial charge is 0.497 e. The first-order chi connectivity index (χ1) is 11.5. The highest BCUT2D eigenvalue weighted by molar-refractivity contribution is 8.02. The number of para-hydroxylation sites is 1. The van der Waals surface area contributed by atoms with E-state index in [-0.39, 0.29) is 11.8 Å². The monoisotopic (exact) mass is 342 g/mol. The van der Waals surface area contributed by atoms with Crippen LogP contribution in [0, 0.1) is 0 Å². The van der Waals surface area contributed by atoms with Gasteiger partial charge in [0.15, 0.2) is 4.75 Å². The lowest BCUT2D eigenvalue weighted by molar-refractivity contribution is -0.130. The summed E-state index contributed by atoms with van der Waals surface area (Å²) in [5, 5.41) is 5.65. The Hall–Kier alpha value is -2.47. The van der Waals surface area contributed by atoms with Crippen molar-refractivity contribution in [2.75, 3.05) is 12.4 Å². The van der Waals surface area contributed by atoms with E-state index in [4.69, 9.17) is 4.74 Å². The van der Waals surface area contributed by atoms with E-state index < -0.39 is 4.75 Å². The molecule has 3 rings (SSSR count). The zero-order valence-electron chi connectivity index (χ0n) is 13.5. The summed E-state index contributed by atoms with van der Waals surface area (Å²) < 4.78 is 3.92. The highest BCUT2D eigenvalue weighted by atomic mass is 32.2. The molecule has 5 nitrogen and oxygen atoms in total. The zero-order valence-corrected chi connectivity index (χ0v) is 14.3. The second-order valence-corrected chi connectivity index (χ2v) is 7.08. The number of benzene rings is 2. The van der Waals surface area contributed by atoms with Crippen molar-refractivity contribution in [3.8, 4) is 5.75 Å². The van der Waals surface area contributed by atoms with Gasteiger partial charge < -0.3 is 15.4 Å². The van der Waals surface area contributed by atoms with Crippen molar-refractivity contribution in [2.45, 2.75) is 23.1 Å². The summed E-state index contributed by atoms with van der Waals surface area (Å²) in [6, 6.07) is 14.9. The van der Waals surface area contributed by atoms with Crippen molar-refractivity contribution < 1.29 is 14.3 Å². The number of amides is 2. The number of hydrogen-bond donors (Lipinski definition) is 2. The van der Waals surface area contributed by atoms with Gasteiger partial charge in [0.05, 0.1) is 12.8 Å². The van der Waals surface area contributed by atoms with E-state index in [0.29, 0.717) is 6.54 Å². The second-order valence-electron chi connectivity index (χ2n) is 5.62. The summed E-state index contributed by atoms with van der Waals surface area (Å²) in [5.74, 6) is 0.143. The van der Waals surface area contributed by atoms with Gasteiger partial charge in [-0.3, -0.25) is 9.59 Å². The van der Waals surface area contributed by atoms with Gasteiger partial charge in [-0.25, -0.2) is 0 Å². The molecular formula is C18H18N2O3S. The molecule has 0 aliphatic carbocycles. The van der Waals surface area contributed by atoms with Gasteiger partial charge in [0, 0.05) is 11.4 Å². The minimum Gasteiger partial charge on any atom is -0.497 e. The maximum atomic E-state index is 12.6. The molecule has 1 atom stereocenters. The molecule has 0 radical (unpaired) electrons. The molecule has 2 N–H and O–H groups in total. The Morgan fingerprint density at radius 1 is 1.21 bits per heavy atom. The van der Waals surface area contributed by atoms with Crippen LogP contribution in [-0.4, -0.2) is 23.7 Å². The molecule has 2 aromatic rings. The number of thioether (sulfide) groups is 1. The Bertz CT molecular complexity index is 776. The van der Waals surface area contributed by atoms with Crippen LogP contribution in [-0.2, 0) is 16.1 Å². The Morgan fingerprint density at radius 2 is 1.92 bits per heavy atom. The Morgan fingerprint density at radius 3 is 2.62 bits per heavy atom. The van der Waals surface area contributed by atoms with E-state index in [9.17, 15) is 9.59 Å². The smallest absolute Gasteiger partial charge is 0.250 e. The summed E-state index contributed by atoms with van der Waals surface area (Å²) in [6.07, 6.45) is 0. The number of methoxy groups -OCH3 is 1. The first-order valence-electron chi connectivity index (χ1n) is 7.53. The molecule has 0 fully saturated rings. The summed E-state index contributed by atoms with van der Waals surface area (Å²) >= 11 is 1.27. The minimum absolute atomic E-state index is 0.307. The molecule has 0 saturated heterocycles. The molecule has 2 aromatic carbocycles. The van der Waals surface area contributed by atoms with Crippen LogP contribution in [0.2, 0.25) is 0 Å². The summed E-state index contributed by atoms with van der Waals surface area (Å²) in [4.78, 5) is 25.9. The quantitative estimate of drug-likeness (QED) is 0.839. The molecule has 1 unspecified atom stereocenters. The molecule has 0 spiro atoms. The van der Waals surface area contributed by atoms with Gasteiger partial charge in [0.2, 0.25) is 11.8 Å². The van der Waals surface area contributed by atoms with Crippen LogP contribution in [0.1, 0.15) is 12.5 Å².